The highest BCUT2D eigenvalue weighted by Gasteiger charge is 2.21. The normalized spacial score (nSPS) is 22.9. The van der Waals surface area contributed by atoms with E-state index < -0.39 is 0 Å². The van der Waals surface area contributed by atoms with Crippen molar-refractivity contribution in [3.8, 4) is 0 Å². The molecule has 1 N–H and O–H groups in total. The molecule has 0 amide bonds. The molecule has 1 aliphatic rings. The number of hydrazine groups is 1. The molecule has 0 aromatic rings. The van der Waals surface area contributed by atoms with Gasteiger partial charge in [0.1, 0.15) is 0 Å². The third-order valence-electron chi connectivity index (χ3n) is 2.57. The van der Waals surface area contributed by atoms with Gasteiger partial charge in [-0.25, -0.2) is 0 Å². The minimum atomic E-state index is 0.660. The van der Waals surface area contributed by atoms with E-state index in [0.717, 1.165) is 5.92 Å². The topological polar surface area (TPSA) is 15.3 Å². The van der Waals surface area contributed by atoms with Crippen LogP contribution >= 0.6 is 0 Å². The molecular weight excluding hydrogens is 136 g/mol. The van der Waals surface area contributed by atoms with E-state index in [4.69, 9.17) is 0 Å². The lowest BCUT2D eigenvalue weighted by Gasteiger charge is -2.24. The number of hydrogen-bond donors (Lipinski definition) is 1. The average molecular weight is 156 g/mol. The van der Waals surface area contributed by atoms with Crippen LogP contribution < -0.4 is 5.43 Å². The standard InChI is InChI=1S/C9H20N2/c1-8(10-11(2)3)9-6-4-5-7-9/h8-10H,4-7H2,1-3H3/t8-/m1/s1. The van der Waals surface area contributed by atoms with Gasteiger partial charge in [-0.3, -0.25) is 10.4 Å². The summed E-state index contributed by atoms with van der Waals surface area (Å²) in [4.78, 5) is 0. The summed E-state index contributed by atoms with van der Waals surface area (Å²) in [5.41, 5.74) is 3.42. The number of nitrogens with zero attached hydrogens (tertiary/aromatic N) is 1. The molecule has 0 aromatic carbocycles. The van der Waals surface area contributed by atoms with Crippen molar-refractivity contribution >= 4 is 0 Å². The van der Waals surface area contributed by atoms with Gasteiger partial charge in [0.25, 0.3) is 0 Å². The van der Waals surface area contributed by atoms with Crippen molar-refractivity contribution < 1.29 is 0 Å². The second kappa shape index (κ2) is 4.07. The first kappa shape index (κ1) is 9.01. The van der Waals surface area contributed by atoms with E-state index in [1.807, 2.05) is 0 Å². The van der Waals surface area contributed by atoms with E-state index in [-0.39, 0.29) is 0 Å². The first-order valence-corrected chi connectivity index (χ1v) is 4.63. The molecule has 1 rings (SSSR count). The van der Waals surface area contributed by atoms with Crippen molar-refractivity contribution in [1.29, 1.82) is 0 Å². The van der Waals surface area contributed by atoms with Gasteiger partial charge in [0.15, 0.2) is 0 Å². The van der Waals surface area contributed by atoms with Crippen molar-refractivity contribution in [2.24, 2.45) is 5.92 Å². The third kappa shape index (κ3) is 2.80. The number of hydrogen-bond acceptors (Lipinski definition) is 2. The van der Waals surface area contributed by atoms with Crippen molar-refractivity contribution in [3.05, 3.63) is 0 Å². The maximum absolute atomic E-state index is 3.42. The van der Waals surface area contributed by atoms with E-state index in [1.165, 1.54) is 25.7 Å². The molecular formula is C9H20N2. The van der Waals surface area contributed by atoms with Crippen LogP contribution in [0.3, 0.4) is 0 Å². The maximum Gasteiger partial charge on any atom is 0.0215 e. The smallest absolute Gasteiger partial charge is 0.0215 e. The third-order valence-corrected chi connectivity index (χ3v) is 2.57. The minimum absolute atomic E-state index is 0.660. The molecule has 1 fully saturated rings. The van der Waals surface area contributed by atoms with Gasteiger partial charge in [-0.05, 0) is 25.7 Å². The van der Waals surface area contributed by atoms with Crippen molar-refractivity contribution in [1.82, 2.24) is 10.4 Å². The van der Waals surface area contributed by atoms with E-state index in [2.05, 4.69) is 31.5 Å². The van der Waals surface area contributed by atoms with Gasteiger partial charge in [-0.2, -0.15) is 0 Å². The molecule has 0 radical (unpaired) electrons. The summed E-state index contributed by atoms with van der Waals surface area (Å²) in [6.45, 7) is 2.29. The zero-order chi connectivity index (χ0) is 8.27. The molecule has 1 aliphatic carbocycles. The van der Waals surface area contributed by atoms with Gasteiger partial charge in [0.2, 0.25) is 0 Å². The summed E-state index contributed by atoms with van der Waals surface area (Å²) in [5.74, 6) is 0.914. The second-order valence-electron chi connectivity index (χ2n) is 3.86. The summed E-state index contributed by atoms with van der Waals surface area (Å²) in [5, 5.41) is 2.06. The van der Waals surface area contributed by atoms with Crippen molar-refractivity contribution in [2.75, 3.05) is 14.1 Å². The van der Waals surface area contributed by atoms with Gasteiger partial charge in [0, 0.05) is 20.1 Å². The van der Waals surface area contributed by atoms with Crippen molar-refractivity contribution in [3.63, 3.8) is 0 Å². The Morgan fingerprint density at radius 1 is 1.27 bits per heavy atom. The molecule has 0 saturated heterocycles. The Labute approximate surface area is 69.9 Å². The Hall–Kier alpha value is -0.0800. The lowest BCUT2D eigenvalue weighted by molar-refractivity contribution is 0.207. The van der Waals surface area contributed by atoms with Gasteiger partial charge in [-0.1, -0.05) is 12.8 Å². The number of nitrogens with one attached hydrogen (secondary N) is 1. The molecule has 0 aromatic heterocycles. The maximum atomic E-state index is 3.42. The molecule has 0 unspecified atom stereocenters. The number of rotatable bonds is 3. The van der Waals surface area contributed by atoms with Crippen LogP contribution in [0.15, 0.2) is 0 Å². The van der Waals surface area contributed by atoms with Gasteiger partial charge < -0.3 is 0 Å². The Kier molecular flexibility index (Phi) is 3.34. The first-order valence-electron chi connectivity index (χ1n) is 4.63. The van der Waals surface area contributed by atoms with Crippen molar-refractivity contribution in [2.45, 2.75) is 38.6 Å². The zero-order valence-electron chi connectivity index (χ0n) is 7.93. The summed E-state index contributed by atoms with van der Waals surface area (Å²) in [7, 11) is 4.12. The van der Waals surface area contributed by atoms with Crippen LogP contribution in [0.2, 0.25) is 0 Å². The zero-order valence-corrected chi connectivity index (χ0v) is 7.93. The highest BCUT2D eigenvalue weighted by Crippen LogP contribution is 2.27. The quantitative estimate of drug-likeness (QED) is 0.625. The largest absolute Gasteiger partial charge is 0.253 e. The highest BCUT2D eigenvalue weighted by atomic mass is 15.5. The van der Waals surface area contributed by atoms with E-state index in [0.29, 0.717) is 6.04 Å². The Balaban J connectivity index is 2.22. The summed E-state index contributed by atoms with van der Waals surface area (Å²) in [6, 6.07) is 0.660. The highest BCUT2D eigenvalue weighted by molar-refractivity contribution is 4.75. The Morgan fingerprint density at radius 3 is 2.27 bits per heavy atom. The van der Waals surface area contributed by atoms with Gasteiger partial charge in [-0.15, -0.1) is 0 Å². The molecule has 2 nitrogen and oxygen atoms in total. The van der Waals surface area contributed by atoms with Gasteiger partial charge in [0.05, 0.1) is 0 Å². The van der Waals surface area contributed by atoms with Crippen LogP contribution in [-0.4, -0.2) is 25.1 Å². The fourth-order valence-electron chi connectivity index (χ4n) is 1.97. The molecule has 1 atom stereocenters. The molecule has 11 heavy (non-hydrogen) atoms. The average Bonchev–Trinajstić information content (AvgIpc) is 2.35. The van der Waals surface area contributed by atoms with E-state index >= 15 is 0 Å². The molecule has 0 heterocycles. The van der Waals surface area contributed by atoms with Crippen LogP contribution in [0.4, 0.5) is 0 Å². The first-order chi connectivity index (χ1) is 5.20. The SMILES string of the molecule is C[C@@H](NN(C)C)C1CCCC1. The van der Waals surface area contributed by atoms with E-state index in [9.17, 15) is 0 Å². The molecule has 2 heteroatoms. The second-order valence-corrected chi connectivity index (χ2v) is 3.86. The summed E-state index contributed by atoms with van der Waals surface area (Å²) in [6.07, 6.45) is 5.71. The van der Waals surface area contributed by atoms with Gasteiger partial charge >= 0.3 is 0 Å². The fraction of sp³-hybridized carbons (Fsp3) is 1.00. The molecule has 66 valence electrons. The monoisotopic (exact) mass is 156 g/mol. The molecule has 0 bridgehead atoms. The fourth-order valence-corrected chi connectivity index (χ4v) is 1.97. The Morgan fingerprint density at radius 2 is 1.82 bits per heavy atom. The predicted octanol–water partition coefficient (Wildman–Crippen LogP) is 1.63. The predicted molar refractivity (Wildman–Crippen MR) is 48.2 cm³/mol. The van der Waals surface area contributed by atoms with Crippen LogP contribution in [-0.2, 0) is 0 Å². The minimum Gasteiger partial charge on any atom is -0.253 e. The van der Waals surface area contributed by atoms with Crippen LogP contribution in [0.25, 0.3) is 0 Å². The lowest BCUT2D eigenvalue weighted by Crippen LogP contribution is -2.41. The van der Waals surface area contributed by atoms with Crippen LogP contribution in [0, 0.1) is 5.92 Å². The summed E-state index contributed by atoms with van der Waals surface area (Å²) >= 11 is 0. The van der Waals surface area contributed by atoms with Crippen LogP contribution in [0.1, 0.15) is 32.6 Å². The lowest BCUT2D eigenvalue weighted by atomic mass is 10.0. The molecule has 0 aliphatic heterocycles. The van der Waals surface area contributed by atoms with Crippen LogP contribution in [0.5, 0.6) is 0 Å². The Bertz CT molecular complexity index is 106. The molecule has 1 saturated carbocycles. The summed E-state index contributed by atoms with van der Waals surface area (Å²) < 4.78 is 0. The van der Waals surface area contributed by atoms with E-state index in [1.54, 1.807) is 0 Å². The molecule has 0 spiro atoms.